The maximum Gasteiger partial charge on any atom is 0.249 e. The Bertz CT molecular complexity index is 541. The van der Waals surface area contributed by atoms with E-state index in [-0.39, 0.29) is 5.69 Å². The molecule has 14 heavy (non-hydrogen) atoms. The van der Waals surface area contributed by atoms with Crippen LogP contribution in [0.2, 0.25) is 0 Å². The van der Waals surface area contributed by atoms with Gasteiger partial charge in [-0.25, -0.2) is 4.39 Å². The maximum atomic E-state index is 12.7. The molecule has 0 aliphatic heterocycles. The minimum Gasteiger partial charge on any atom is -0.352 e. The van der Waals surface area contributed by atoms with E-state index in [4.69, 9.17) is 0 Å². The van der Waals surface area contributed by atoms with Gasteiger partial charge in [-0.05, 0) is 18.2 Å². The summed E-state index contributed by atoms with van der Waals surface area (Å²) in [6.45, 7) is 0. The third kappa shape index (κ3) is 1.42. The zero-order valence-electron chi connectivity index (χ0n) is 7.08. The van der Waals surface area contributed by atoms with Gasteiger partial charge in [0.05, 0.1) is 5.69 Å². The molecule has 0 fully saturated rings. The molecule has 0 aromatic heterocycles. The van der Waals surface area contributed by atoms with Crippen LogP contribution in [0.15, 0.2) is 39.9 Å². The topological polar surface area (TPSA) is 46.2 Å². The van der Waals surface area contributed by atoms with E-state index in [1.165, 1.54) is 24.3 Å². The minimum atomic E-state index is -0.561. The summed E-state index contributed by atoms with van der Waals surface area (Å²) in [5.74, 6) is -0.395. The van der Waals surface area contributed by atoms with Crippen LogP contribution in [0.5, 0.6) is 0 Å². The highest BCUT2D eigenvalue weighted by Gasteiger charge is 2.08. The lowest BCUT2D eigenvalue weighted by atomic mass is 10.2. The van der Waals surface area contributed by atoms with Crippen LogP contribution in [0.4, 0.5) is 15.8 Å². The van der Waals surface area contributed by atoms with Crippen LogP contribution in [-0.2, 0) is 0 Å². The molecule has 0 saturated heterocycles. The van der Waals surface area contributed by atoms with Crippen LogP contribution in [-0.4, -0.2) is 0 Å². The highest BCUT2D eigenvalue weighted by Crippen LogP contribution is 2.13. The first-order valence-corrected chi connectivity index (χ1v) is 4.00. The van der Waals surface area contributed by atoms with Gasteiger partial charge in [-0.2, -0.15) is 0 Å². The summed E-state index contributed by atoms with van der Waals surface area (Å²) >= 11 is 0. The van der Waals surface area contributed by atoms with Gasteiger partial charge in [-0.1, -0.05) is 6.07 Å². The van der Waals surface area contributed by atoms with E-state index in [2.05, 4.69) is 5.32 Å². The van der Waals surface area contributed by atoms with Gasteiger partial charge in [0, 0.05) is 11.8 Å². The van der Waals surface area contributed by atoms with Gasteiger partial charge in [0.15, 0.2) is 0 Å². The monoisotopic (exact) mass is 191 g/mol. The molecule has 0 aliphatic carbocycles. The van der Waals surface area contributed by atoms with Crippen molar-refractivity contribution >= 4 is 11.4 Å². The van der Waals surface area contributed by atoms with Gasteiger partial charge < -0.3 is 5.32 Å². The molecule has 0 unspecified atom stereocenters. The van der Waals surface area contributed by atoms with Gasteiger partial charge in [-0.15, -0.1) is 0 Å². The zero-order chi connectivity index (χ0) is 10.1. The lowest BCUT2D eigenvalue weighted by molar-refractivity contribution is 0.628. The fourth-order valence-corrected chi connectivity index (χ4v) is 1.13. The number of anilines is 2. The number of nitrogens with one attached hydrogen (secondary N) is 1. The van der Waals surface area contributed by atoms with E-state index in [0.717, 1.165) is 0 Å². The molecule has 2 aromatic carbocycles. The Morgan fingerprint density at radius 3 is 2.50 bits per heavy atom. The van der Waals surface area contributed by atoms with Crippen molar-refractivity contribution in [1.82, 2.24) is 0 Å². The number of halogens is 1. The largest absolute Gasteiger partial charge is 0.352 e. The van der Waals surface area contributed by atoms with Crippen LogP contribution in [0, 0.1) is 5.82 Å². The summed E-state index contributed by atoms with van der Waals surface area (Å²) in [5, 5.41) is 2.65. The van der Waals surface area contributed by atoms with Gasteiger partial charge >= 0.3 is 0 Å². The Morgan fingerprint density at radius 1 is 1.14 bits per heavy atom. The van der Waals surface area contributed by atoms with Crippen LogP contribution in [0.25, 0.3) is 0 Å². The van der Waals surface area contributed by atoms with Crippen LogP contribution < -0.4 is 16.2 Å². The Labute approximate surface area is 78.5 Å². The van der Waals surface area contributed by atoms with Crippen molar-refractivity contribution in [3.63, 3.8) is 0 Å². The lowest BCUT2D eigenvalue weighted by Crippen LogP contribution is -2.31. The Balaban J connectivity index is 2.25. The molecule has 2 rings (SSSR count). The second kappa shape index (κ2) is 3.06. The molecule has 0 saturated carbocycles. The summed E-state index contributed by atoms with van der Waals surface area (Å²) in [5.41, 5.74) is -0.420. The molecular formula is C10H6FNO2. The molecule has 0 bridgehead atoms. The highest BCUT2D eigenvalue weighted by molar-refractivity contribution is 5.61. The minimum absolute atomic E-state index is 0.209. The summed E-state index contributed by atoms with van der Waals surface area (Å²) in [7, 11) is 0. The lowest BCUT2D eigenvalue weighted by Gasteiger charge is -2.05. The molecule has 0 amide bonds. The molecule has 0 aliphatic rings. The van der Waals surface area contributed by atoms with Crippen molar-refractivity contribution in [2.75, 3.05) is 5.32 Å². The third-order valence-electron chi connectivity index (χ3n) is 1.85. The number of hydrogen-bond donors (Lipinski definition) is 1. The number of hydrogen-bond acceptors (Lipinski definition) is 3. The molecule has 0 atom stereocenters. The van der Waals surface area contributed by atoms with Gasteiger partial charge in [0.1, 0.15) is 5.82 Å². The molecule has 0 heterocycles. The van der Waals surface area contributed by atoms with E-state index in [1.807, 2.05) is 0 Å². The summed E-state index contributed by atoms with van der Waals surface area (Å²) < 4.78 is 12.7. The van der Waals surface area contributed by atoms with Crippen LogP contribution in [0.1, 0.15) is 0 Å². The first-order chi connectivity index (χ1) is 6.66. The van der Waals surface area contributed by atoms with Gasteiger partial charge in [0.25, 0.3) is 0 Å². The van der Waals surface area contributed by atoms with E-state index in [9.17, 15) is 14.0 Å². The fraction of sp³-hybridized carbons (Fsp3) is 0. The second-order valence-corrected chi connectivity index (χ2v) is 2.89. The molecule has 0 radical (unpaired) electrons. The van der Waals surface area contributed by atoms with Crippen LogP contribution in [0.3, 0.4) is 0 Å². The Hall–Kier alpha value is -1.97. The Kier molecular flexibility index (Phi) is 1.89. The van der Waals surface area contributed by atoms with E-state index < -0.39 is 16.7 Å². The smallest absolute Gasteiger partial charge is 0.249 e. The standard InChI is InChI=1S/C10H6FNO2/c11-6-2-1-3-7(4-6)12-8-5-9(13)10(8)14/h1-5,12H. The average molecular weight is 191 g/mol. The van der Waals surface area contributed by atoms with Crippen LogP contribution >= 0.6 is 0 Å². The molecule has 70 valence electrons. The fourth-order valence-electron chi connectivity index (χ4n) is 1.13. The Morgan fingerprint density at radius 2 is 1.93 bits per heavy atom. The van der Waals surface area contributed by atoms with Crippen molar-refractivity contribution < 1.29 is 4.39 Å². The van der Waals surface area contributed by atoms with Gasteiger partial charge in [-0.3, -0.25) is 9.59 Å². The second-order valence-electron chi connectivity index (χ2n) is 2.89. The van der Waals surface area contributed by atoms with Crippen molar-refractivity contribution in [2.45, 2.75) is 0 Å². The van der Waals surface area contributed by atoms with E-state index >= 15 is 0 Å². The summed E-state index contributed by atoms with van der Waals surface area (Å²) in [6, 6.07) is 6.86. The molecule has 2 aromatic rings. The first-order valence-electron chi connectivity index (χ1n) is 4.00. The van der Waals surface area contributed by atoms with Gasteiger partial charge in [0.2, 0.25) is 10.9 Å². The predicted octanol–water partition coefficient (Wildman–Crippen LogP) is 1.17. The number of benzene rings is 1. The molecule has 3 nitrogen and oxygen atoms in total. The van der Waals surface area contributed by atoms with E-state index in [0.29, 0.717) is 5.69 Å². The maximum absolute atomic E-state index is 12.7. The predicted molar refractivity (Wildman–Crippen MR) is 51.0 cm³/mol. The molecule has 4 heteroatoms. The summed E-state index contributed by atoms with van der Waals surface area (Å²) in [4.78, 5) is 21.4. The normalized spacial score (nSPS) is 10.4. The average Bonchev–Trinajstić information content (AvgIpc) is 2.17. The number of rotatable bonds is 2. The quantitative estimate of drug-likeness (QED) is 0.724. The SMILES string of the molecule is O=c1cc(Nc2cccc(F)c2)c1=O. The highest BCUT2D eigenvalue weighted by atomic mass is 19.1. The third-order valence-corrected chi connectivity index (χ3v) is 1.85. The molecular weight excluding hydrogens is 185 g/mol. The van der Waals surface area contributed by atoms with Crippen molar-refractivity contribution in [3.05, 3.63) is 56.6 Å². The van der Waals surface area contributed by atoms with Crippen molar-refractivity contribution in [1.29, 1.82) is 0 Å². The van der Waals surface area contributed by atoms with Crippen molar-refractivity contribution in [2.24, 2.45) is 0 Å². The van der Waals surface area contributed by atoms with Crippen molar-refractivity contribution in [3.8, 4) is 0 Å². The summed E-state index contributed by atoms with van der Waals surface area (Å²) in [6.07, 6.45) is 0. The molecule has 1 N–H and O–H groups in total. The zero-order valence-corrected chi connectivity index (χ0v) is 7.08. The molecule has 0 spiro atoms. The van der Waals surface area contributed by atoms with E-state index in [1.54, 1.807) is 6.07 Å². The first kappa shape index (κ1) is 8.62.